The molecule has 1 aliphatic rings. The van der Waals surface area contributed by atoms with Crippen LogP contribution in [0.15, 0.2) is 0 Å². The van der Waals surface area contributed by atoms with Crippen molar-refractivity contribution in [3.05, 3.63) is 5.82 Å². The summed E-state index contributed by atoms with van der Waals surface area (Å²) in [6, 6.07) is 1.12. The Morgan fingerprint density at radius 3 is 2.58 bits per heavy atom. The van der Waals surface area contributed by atoms with Crippen LogP contribution >= 0.6 is 11.5 Å². The van der Waals surface area contributed by atoms with Gasteiger partial charge in [-0.1, -0.05) is 34.6 Å². The Morgan fingerprint density at radius 2 is 2.05 bits per heavy atom. The molecular weight excluding hydrogens is 256 g/mol. The average molecular weight is 282 g/mol. The molecule has 1 N–H and O–H groups in total. The average Bonchev–Trinajstić information content (AvgIpc) is 2.87. The molecule has 0 aromatic carbocycles. The lowest BCUT2D eigenvalue weighted by Crippen LogP contribution is -2.56. The fraction of sp³-hybridized carbons (Fsp3) is 0.857. The summed E-state index contributed by atoms with van der Waals surface area (Å²) in [5, 5.41) is 4.72. The zero-order valence-corrected chi connectivity index (χ0v) is 13.5. The molecule has 1 saturated heterocycles. The molecule has 1 aromatic heterocycles. The van der Waals surface area contributed by atoms with E-state index in [9.17, 15) is 0 Å². The predicted octanol–water partition coefficient (Wildman–Crippen LogP) is 2.80. The highest BCUT2D eigenvalue weighted by atomic mass is 32.1. The topological polar surface area (TPSA) is 41.1 Å². The zero-order chi connectivity index (χ0) is 14.0. The van der Waals surface area contributed by atoms with E-state index >= 15 is 0 Å². The number of rotatable bonds is 3. The van der Waals surface area contributed by atoms with Crippen molar-refractivity contribution >= 4 is 16.7 Å². The molecule has 1 fully saturated rings. The number of hydrogen-bond donors (Lipinski definition) is 1. The van der Waals surface area contributed by atoms with Crippen LogP contribution in [0.2, 0.25) is 0 Å². The fourth-order valence-corrected chi connectivity index (χ4v) is 3.31. The van der Waals surface area contributed by atoms with Crippen molar-refractivity contribution in [1.29, 1.82) is 0 Å². The Labute approximate surface area is 120 Å². The van der Waals surface area contributed by atoms with Crippen molar-refractivity contribution in [3.63, 3.8) is 0 Å². The highest BCUT2D eigenvalue weighted by Gasteiger charge is 2.29. The smallest absolute Gasteiger partial charge is 0.205 e. The lowest BCUT2D eigenvalue weighted by atomic mass is 9.96. The molecule has 1 aliphatic heterocycles. The van der Waals surface area contributed by atoms with E-state index < -0.39 is 0 Å². The minimum Gasteiger partial charge on any atom is -0.341 e. The molecule has 2 heterocycles. The van der Waals surface area contributed by atoms with Crippen molar-refractivity contribution in [2.24, 2.45) is 0 Å². The molecule has 19 heavy (non-hydrogen) atoms. The Bertz CT molecular complexity index is 410. The predicted molar refractivity (Wildman–Crippen MR) is 82.1 cm³/mol. The minimum atomic E-state index is 0.0364. The van der Waals surface area contributed by atoms with E-state index in [0.717, 1.165) is 36.9 Å². The molecule has 2 rings (SSSR count). The SMILES string of the molecule is CCC1CN(c2nc(C(C)(C)C)ns2)C(CC)CN1. The molecule has 0 saturated carbocycles. The van der Waals surface area contributed by atoms with Gasteiger partial charge >= 0.3 is 0 Å². The number of piperazine rings is 1. The molecule has 0 aliphatic carbocycles. The van der Waals surface area contributed by atoms with Gasteiger partial charge in [0.1, 0.15) is 5.82 Å². The molecule has 108 valence electrons. The molecule has 0 radical (unpaired) electrons. The zero-order valence-electron chi connectivity index (χ0n) is 12.7. The number of nitrogens with one attached hydrogen (secondary N) is 1. The lowest BCUT2D eigenvalue weighted by Gasteiger charge is -2.39. The molecule has 4 nitrogen and oxygen atoms in total. The van der Waals surface area contributed by atoms with E-state index in [0.29, 0.717) is 12.1 Å². The Kier molecular flexibility index (Phi) is 4.46. The number of anilines is 1. The van der Waals surface area contributed by atoms with Gasteiger partial charge in [-0.3, -0.25) is 0 Å². The third-order valence-corrected chi connectivity index (χ3v) is 4.55. The van der Waals surface area contributed by atoms with Gasteiger partial charge in [0.05, 0.1) is 0 Å². The van der Waals surface area contributed by atoms with E-state index in [1.54, 1.807) is 11.5 Å². The summed E-state index contributed by atoms with van der Waals surface area (Å²) in [5.74, 6) is 0.967. The molecule has 0 bridgehead atoms. The maximum Gasteiger partial charge on any atom is 0.205 e. The quantitative estimate of drug-likeness (QED) is 0.925. The van der Waals surface area contributed by atoms with Crippen molar-refractivity contribution in [3.8, 4) is 0 Å². The third kappa shape index (κ3) is 3.26. The monoisotopic (exact) mass is 282 g/mol. The van der Waals surface area contributed by atoms with Gasteiger partial charge in [-0.2, -0.15) is 4.37 Å². The van der Waals surface area contributed by atoms with Crippen LogP contribution in [-0.2, 0) is 5.41 Å². The Hall–Kier alpha value is -0.680. The van der Waals surface area contributed by atoms with Gasteiger partial charge in [-0.25, -0.2) is 4.98 Å². The van der Waals surface area contributed by atoms with Crippen LogP contribution in [0.5, 0.6) is 0 Å². The maximum absolute atomic E-state index is 4.78. The molecule has 1 aromatic rings. The summed E-state index contributed by atoms with van der Waals surface area (Å²) in [6.07, 6.45) is 2.31. The van der Waals surface area contributed by atoms with Gasteiger partial charge in [0.25, 0.3) is 0 Å². The summed E-state index contributed by atoms with van der Waals surface area (Å²) in [6.45, 7) is 13.1. The van der Waals surface area contributed by atoms with Crippen LogP contribution in [0, 0.1) is 0 Å². The van der Waals surface area contributed by atoms with Gasteiger partial charge in [0.2, 0.25) is 5.13 Å². The minimum absolute atomic E-state index is 0.0364. The Morgan fingerprint density at radius 1 is 1.32 bits per heavy atom. The molecule has 2 unspecified atom stereocenters. The summed E-state index contributed by atoms with van der Waals surface area (Å²) in [7, 11) is 0. The first-order valence-electron chi connectivity index (χ1n) is 7.29. The molecule has 2 atom stereocenters. The van der Waals surface area contributed by atoms with Gasteiger partial charge < -0.3 is 10.2 Å². The van der Waals surface area contributed by atoms with Crippen molar-refractivity contribution in [1.82, 2.24) is 14.7 Å². The number of hydrogen-bond acceptors (Lipinski definition) is 5. The third-order valence-electron chi connectivity index (χ3n) is 3.80. The molecule has 0 amide bonds. The van der Waals surface area contributed by atoms with Gasteiger partial charge in [-0.15, -0.1) is 0 Å². The van der Waals surface area contributed by atoms with Crippen LogP contribution in [-0.4, -0.2) is 34.5 Å². The summed E-state index contributed by atoms with van der Waals surface area (Å²) < 4.78 is 4.55. The standard InChI is InChI=1S/C14H26N4S/c1-6-10-9-18(11(7-2)8-15-10)13-16-12(17-19-13)14(3,4)5/h10-11,15H,6-9H2,1-5H3. The van der Waals surface area contributed by atoms with Crippen LogP contribution < -0.4 is 10.2 Å². The van der Waals surface area contributed by atoms with Crippen molar-refractivity contribution in [2.75, 3.05) is 18.0 Å². The van der Waals surface area contributed by atoms with E-state index in [4.69, 9.17) is 4.98 Å². The second-order valence-electron chi connectivity index (χ2n) is 6.38. The van der Waals surface area contributed by atoms with Gasteiger partial charge in [0.15, 0.2) is 0 Å². The number of aromatic nitrogens is 2. The van der Waals surface area contributed by atoms with E-state index in [1.165, 1.54) is 0 Å². The second kappa shape index (κ2) is 5.75. The number of nitrogens with zero attached hydrogens (tertiary/aromatic N) is 3. The van der Waals surface area contributed by atoms with Crippen LogP contribution in [0.1, 0.15) is 53.3 Å². The first-order chi connectivity index (χ1) is 8.95. The normalized spacial score (nSPS) is 24.8. The second-order valence-corrected chi connectivity index (χ2v) is 7.11. The van der Waals surface area contributed by atoms with Crippen molar-refractivity contribution < 1.29 is 0 Å². The van der Waals surface area contributed by atoms with E-state index in [-0.39, 0.29) is 5.41 Å². The van der Waals surface area contributed by atoms with E-state index in [2.05, 4.69) is 49.2 Å². The molecular formula is C14H26N4S. The first kappa shape index (κ1) is 14.7. The van der Waals surface area contributed by atoms with Crippen LogP contribution in [0.3, 0.4) is 0 Å². The summed E-state index contributed by atoms with van der Waals surface area (Å²) in [4.78, 5) is 7.23. The largest absolute Gasteiger partial charge is 0.341 e. The summed E-state index contributed by atoms with van der Waals surface area (Å²) >= 11 is 1.55. The summed E-state index contributed by atoms with van der Waals surface area (Å²) in [5.41, 5.74) is 0.0364. The van der Waals surface area contributed by atoms with Crippen LogP contribution in [0.25, 0.3) is 0 Å². The highest BCUT2D eigenvalue weighted by molar-refractivity contribution is 7.09. The van der Waals surface area contributed by atoms with Crippen molar-refractivity contribution in [2.45, 2.75) is 65.0 Å². The van der Waals surface area contributed by atoms with Gasteiger partial charge in [0, 0.05) is 42.1 Å². The molecule has 5 heteroatoms. The highest BCUT2D eigenvalue weighted by Crippen LogP contribution is 2.28. The molecule has 0 spiro atoms. The lowest BCUT2D eigenvalue weighted by molar-refractivity contribution is 0.378. The first-order valence-corrected chi connectivity index (χ1v) is 8.07. The van der Waals surface area contributed by atoms with E-state index in [1.807, 2.05) is 0 Å². The van der Waals surface area contributed by atoms with Gasteiger partial charge in [-0.05, 0) is 12.8 Å². The maximum atomic E-state index is 4.78. The Balaban J connectivity index is 2.19. The van der Waals surface area contributed by atoms with Crippen LogP contribution in [0.4, 0.5) is 5.13 Å². The fourth-order valence-electron chi connectivity index (χ4n) is 2.37.